The number of hydrogen-bond acceptors (Lipinski definition) is 8. The van der Waals surface area contributed by atoms with Gasteiger partial charge in [-0.3, -0.25) is 4.79 Å². The number of carbonyl (C=O) groups excluding carboxylic acids is 1. The Morgan fingerprint density at radius 1 is 1.05 bits per heavy atom. The van der Waals surface area contributed by atoms with E-state index in [0.717, 1.165) is 30.7 Å². The topological polar surface area (TPSA) is 116 Å². The predicted molar refractivity (Wildman–Crippen MR) is 154 cm³/mol. The summed E-state index contributed by atoms with van der Waals surface area (Å²) in [6.45, 7) is 5.51. The lowest BCUT2D eigenvalue weighted by Crippen LogP contribution is -2.49. The number of rotatable bonds is 7. The number of halogens is 3. The van der Waals surface area contributed by atoms with Crippen molar-refractivity contribution in [2.75, 3.05) is 12.4 Å². The van der Waals surface area contributed by atoms with Crippen LogP contribution in [0.15, 0.2) is 69.9 Å². The molecule has 1 fully saturated rings. The molecule has 0 aliphatic carbocycles. The summed E-state index contributed by atoms with van der Waals surface area (Å²) in [5, 5.41) is 13.5. The Hall–Kier alpha value is -4.55. The van der Waals surface area contributed by atoms with E-state index in [4.69, 9.17) is 23.4 Å². The van der Waals surface area contributed by atoms with Crippen molar-refractivity contribution in [3.8, 4) is 23.0 Å². The summed E-state index contributed by atoms with van der Waals surface area (Å²) < 4.78 is 67.2. The molecule has 12 heteroatoms. The molecule has 1 aliphatic heterocycles. The highest BCUT2D eigenvalue weighted by Gasteiger charge is 2.39. The number of alkyl halides is 3. The van der Waals surface area contributed by atoms with Crippen LogP contribution in [-0.2, 0) is 15.7 Å². The largest absolute Gasteiger partial charge is 0.505 e. The molecule has 3 aromatic carbocycles. The molecular formula is C32H30F3NO8. The first-order chi connectivity index (χ1) is 20.8. The van der Waals surface area contributed by atoms with Crippen molar-refractivity contribution in [2.45, 2.75) is 57.8 Å². The molecule has 0 radical (unpaired) electrons. The summed E-state index contributed by atoms with van der Waals surface area (Å²) in [6.07, 6.45) is -3.83. The van der Waals surface area contributed by atoms with Crippen molar-refractivity contribution in [3.63, 3.8) is 0 Å². The van der Waals surface area contributed by atoms with Gasteiger partial charge >= 0.3 is 11.8 Å². The number of amides is 1. The third kappa shape index (κ3) is 6.36. The molecule has 1 aliphatic rings. The van der Waals surface area contributed by atoms with E-state index in [1.165, 1.54) is 30.3 Å². The highest BCUT2D eigenvalue weighted by atomic mass is 19.4. The van der Waals surface area contributed by atoms with Gasteiger partial charge in [-0.25, -0.2) is 4.79 Å². The maximum atomic E-state index is 13.0. The van der Waals surface area contributed by atoms with Gasteiger partial charge < -0.3 is 33.8 Å². The summed E-state index contributed by atoms with van der Waals surface area (Å²) in [5.41, 5.74) is -2.26. The molecule has 1 amide bonds. The highest BCUT2D eigenvalue weighted by molar-refractivity contribution is 6.06. The van der Waals surface area contributed by atoms with Crippen LogP contribution in [0.2, 0.25) is 0 Å². The van der Waals surface area contributed by atoms with E-state index in [-0.39, 0.29) is 34.1 Å². The standard InChI is InChI=1S/C32H30F3NO8/c1-17-23(42-25-15-14-24(40-4)31(2,3)44-25)13-12-22-27(37)26(30(39)43-28(17)22)36-29(38)18-6-5-7-21(16-18)41-20-10-8-19(9-11-20)32(33,34)35/h5-13,16,24-25,37H,14-15H2,1-4H3,(H,36,38). The average Bonchev–Trinajstić information content (AvgIpc) is 2.96. The quantitative estimate of drug-likeness (QED) is 0.211. The summed E-state index contributed by atoms with van der Waals surface area (Å²) in [7, 11) is 1.63. The van der Waals surface area contributed by atoms with Crippen LogP contribution >= 0.6 is 0 Å². The summed E-state index contributed by atoms with van der Waals surface area (Å²) in [6, 6.07) is 13.0. The maximum Gasteiger partial charge on any atom is 0.416 e. The van der Waals surface area contributed by atoms with Gasteiger partial charge in [0.05, 0.1) is 22.7 Å². The molecule has 44 heavy (non-hydrogen) atoms. The van der Waals surface area contributed by atoms with Crippen molar-refractivity contribution in [3.05, 3.63) is 87.8 Å². The maximum absolute atomic E-state index is 13.0. The first-order valence-electron chi connectivity index (χ1n) is 13.7. The summed E-state index contributed by atoms with van der Waals surface area (Å²) >= 11 is 0. The van der Waals surface area contributed by atoms with Crippen molar-refractivity contribution in [1.82, 2.24) is 0 Å². The fourth-order valence-corrected chi connectivity index (χ4v) is 5.07. The SMILES string of the molecule is COC1CCC(Oc2ccc3c(O)c(NC(=O)c4cccc(Oc5ccc(C(F)(F)F)cc5)c4)c(=O)oc3c2C)OC1(C)C. The van der Waals surface area contributed by atoms with Crippen LogP contribution in [0.5, 0.6) is 23.0 Å². The van der Waals surface area contributed by atoms with E-state index in [9.17, 15) is 27.9 Å². The van der Waals surface area contributed by atoms with E-state index in [1.54, 1.807) is 20.1 Å². The summed E-state index contributed by atoms with van der Waals surface area (Å²) in [4.78, 5) is 25.9. The minimum Gasteiger partial charge on any atom is -0.505 e. The molecule has 4 aromatic rings. The average molecular weight is 614 g/mol. The molecule has 9 nitrogen and oxygen atoms in total. The van der Waals surface area contributed by atoms with Crippen LogP contribution in [-0.4, -0.2) is 36.1 Å². The zero-order valence-corrected chi connectivity index (χ0v) is 24.3. The van der Waals surface area contributed by atoms with Gasteiger partial charge in [-0.05, 0) is 81.8 Å². The van der Waals surface area contributed by atoms with Crippen molar-refractivity contribution < 1.29 is 46.4 Å². The van der Waals surface area contributed by atoms with Gasteiger partial charge in [0.15, 0.2) is 11.4 Å². The Labute approximate surface area is 250 Å². The van der Waals surface area contributed by atoms with E-state index in [1.807, 2.05) is 13.8 Å². The van der Waals surface area contributed by atoms with E-state index in [2.05, 4.69) is 5.32 Å². The monoisotopic (exact) mass is 613 g/mol. The zero-order valence-electron chi connectivity index (χ0n) is 24.3. The predicted octanol–water partition coefficient (Wildman–Crippen LogP) is 7.18. The molecular weight excluding hydrogens is 583 g/mol. The van der Waals surface area contributed by atoms with Gasteiger partial charge in [0.2, 0.25) is 6.29 Å². The van der Waals surface area contributed by atoms with Gasteiger partial charge in [0.1, 0.15) is 22.8 Å². The second kappa shape index (κ2) is 11.9. The second-order valence-electron chi connectivity index (χ2n) is 10.9. The van der Waals surface area contributed by atoms with Gasteiger partial charge in [0.25, 0.3) is 5.91 Å². The lowest BCUT2D eigenvalue weighted by Gasteiger charge is -2.41. The number of nitrogens with one attached hydrogen (secondary N) is 1. The van der Waals surface area contributed by atoms with E-state index >= 15 is 0 Å². The molecule has 0 saturated carbocycles. The molecule has 1 aromatic heterocycles. The normalized spacial score (nSPS) is 18.2. The van der Waals surface area contributed by atoms with E-state index in [0.29, 0.717) is 17.7 Å². The Morgan fingerprint density at radius 2 is 1.77 bits per heavy atom. The summed E-state index contributed by atoms with van der Waals surface area (Å²) in [5.74, 6) is -0.556. The molecule has 5 rings (SSSR count). The third-order valence-electron chi connectivity index (χ3n) is 7.42. The van der Waals surface area contributed by atoms with Gasteiger partial charge in [-0.1, -0.05) is 6.07 Å². The number of carbonyl (C=O) groups is 1. The number of ether oxygens (including phenoxy) is 4. The fraction of sp³-hybridized carbons (Fsp3) is 0.312. The van der Waals surface area contributed by atoms with Gasteiger partial charge in [0, 0.05) is 24.7 Å². The van der Waals surface area contributed by atoms with Crippen LogP contribution in [0.1, 0.15) is 48.2 Å². The van der Waals surface area contributed by atoms with Gasteiger partial charge in [-0.15, -0.1) is 0 Å². The molecule has 2 heterocycles. The van der Waals surface area contributed by atoms with Crippen LogP contribution < -0.4 is 20.4 Å². The molecule has 0 spiro atoms. The van der Waals surface area contributed by atoms with Crippen LogP contribution in [0.3, 0.4) is 0 Å². The molecule has 2 atom stereocenters. The van der Waals surface area contributed by atoms with Crippen molar-refractivity contribution in [1.29, 1.82) is 0 Å². The highest BCUT2D eigenvalue weighted by Crippen LogP contribution is 2.38. The molecule has 2 unspecified atom stereocenters. The number of aryl methyl sites for hydroxylation is 1. The minimum absolute atomic E-state index is 0.0550. The second-order valence-corrected chi connectivity index (χ2v) is 10.9. The fourth-order valence-electron chi connectivity index (χ4n) is 5.07. The third-order valence-corrected chi connectivity index (χ3v) is 7.42. The van der Waals surface area contributed by atoms with Crippen molar-refractivity contribution >= 4 is 22.6 Å². The first-order valence-corrected chi connectivity index (χ1v) is 13.7. The lowest BCUT2D eigenvalue weighted by molar-refractivity contribution is -0.233. The molecule has 1 saturated heterocycles. The van der Waals surface area contributed by atoms with Crippen molar-refractivity contribution in [2.24, 2.45) is 0 Å². The number of fused-ring (bicyclic) bond motifs is 1. The minimum atomic E-state index is -4.48. The number of methoxy groups -OCH3 is 1. The Bertz CT molecular complexity index is 1750. The lowest BCUT2D eigenvalue weighted by atomic mass is 9.94. The Balaban J connectivity index is 1.33. The number of hydrogen-bond donors (Lipinski definition) is 2. The van der Waals surface area contributed by atoms with Crippen LogP contribution in [0.25, 0.3) is 11.0 Å². The zero-order chi connectivity index (χ0) is 31.8. The molecule has 0 bridgehead atoms. The first kappa shape index (κ1) is 30.9. The van der Waals surface area contributed by atoms with E-state index < -0.39 is 46.6 Å². The number of benzene rings is 3. The number of aromatic hydroxyl groups is 1. The van der Waals surface area contributed by atoms with Gasteiger partial charge in [-0.2, -0.15) is 13.2 Å². The molecule has 232 valence electrons. The van der Waals surface area contributed by atoms with Crippen LogP contribution in [0.4, 0.5) is 18.9 Å². The Morgan fingerprint density at radius 3 is 2.43 bits per heavy atom. The molecule has 2 N–H and O–H groups in total. The van der Waals surface area contributed by atoms with Crippen LogP contribution in [0, 0.1) is 6.92 Å². The smallest absolute Gasteiger partial charge is 0.416 e. The Kier molecular flexibility index (Phi) is 8.32. The number of anilines is 1.